The number of hydrogen-bond acceptors (Lipinski definition) is 4. The molecule has 0 aliphatic carbocycles. The maximum absolute atomic E-state index is 12.5. The Hall–Kier alpha value is -1.99. The van der Waals surface area contributed by atoms with Gasteiger partial charge in [0.25, 0.3) is 5.56 Å². The van der Waals surface area contributed by atoms with Crippen molar-refractivity contribution < 1.29 is 27.8 Å². The van der Waals surface area contributed by atoms with E-state index >= 15 is 0 Å². The predicted molar refractivity (Wildman–Crippen MR) is 49.7 cm³/mol. The van der Waals surface area contributed by atoms with E-state index in [0.717, 1.165) is 0 Å². The minimum absolute atomic E-state index is 0.158. The van der Waals surface area contributed by atoms with Crippen LogP contribution in [-0.2, 0) is 10.9 Å². The molecule has 0 fully saturated rings. The number of H-pyrrole nitrogens is 1. The quantitative estimate of drug-likeness (QED) is 0.776. The van der Waals surface area contributed by atoms with Crippen LogP contribution in [0.3, 0.4) is 0 Å². The van der Waals surface area contributed by atoms with Crippen molar-refractivity contribution >= 4 is 5.97 Å². The Morgan fingerprint density at radius 2 is 2.12 bits per heavy atom. The third kappa shape index (κ3) is 2.77. The molecule has 1 rings (SSSR count). The molecule has 1 heterocycles. The fraction of sp³-hybridized carbons (Fsp3) is 0.333. The standard InChI is InChI=1S/C9H8F3NO4/c1-2-17-8(16)6-4(14)3-5(15)13-7(6)9(10,11)12/h3H,2H2,1H3,(H2,13,14,15). The van der Waals surface area contributed by atoms with Crippen molar-refractivity contribution in [2.45, 2.75) is 13.1 Å². The predicted octanol–water partition coefficient (Wildman–Crippen LogP) is 1.28. The first-order valence-corrected chi connectivity index (χ1v) is 4.48. The summed E-state index contributed by atoms with van der Waals surface area (Å²) in [5, 5.41) is 9.21. The molecule has 0 saturated heterocycles. The van der Waals surface area contributed by atoms with Crippen LogP contribution in [0.25, 0.3) is 0 Å². The van der Waals surface area contributed by atoms with Crippen LogP contribution < -0.4 is 5.56 Å². The van der Waals surface area contributed by atoms with Crippen LogP contribution in [0.2, 0.25) is 0 Å². The number of aromatic amines is 1. The lowest BCUT2D eigenvalue weighted by Gasteiger charge is -2.12. The Balaban J connectivity index is 3.46. The monoisotopic (exact) mass is 251 g/mol. The van der Waals surface area contributed by atoms with E-state index in [1.807, 2.05) is 0 Å². The molecule has 94 valence electrons. The first-order valence-electron chi connectivity index (χ1n) is 4.48. The Kier molecular flexibility index (Phi) is 3.45. The van der Waals surface area contributed by atoms with E-state index in [0.29, 0.717) is 6.07 Å². The van der Waals surface area contributed by atoms with Gasteiger partial charge < -0.3 is 14.8 Å². The summed E-state index contributed by atoms with van der Waals surface area (Å²) in [5.74, 6) is -2.42. The summed E-state index contributed by atoms with van der Waals surface area (Å²) in [5.41, 5.74) is -3.89. The Morgan fingerprint density at radius 3 is 2.59 bits per heavy atom. The molecule has 0 amide bonds. The Morgan fingerprint density at radius 1 is 1.53 bits per heavy atom. The SMILES string of the molecule is CCOC(=O)c1c(O)cc(=O)[nH]c1C(F)(F)F. The molecule has 0 aromatic carbocycles. The number of aromatic nitrogens is 1. The van der Waals surface area contributed by atoms with Crippen molar-refractivity contribution in [2.75, 3.05) is 6.61 Å². The van der Waals surface area contributed by atoms with Gasteiger partial charge in [0.1, 0.15) is 17.0 Å². The van der Waals surface area contributed by atoms with Gasteiger partial charge in [-0.1, -0.05) is 0 Å². The summed E-state index contributed by atoms with van der Waals surface area (Å²) in [6.45, 7) is 1.24. The third-order valence-corrected chi connectivity index (χ3v) is 1.79. The molecule has 0 saturated carbocycles. The topological polar surface area (TPSA) is 79.4 Å². The second-order valence-electron chi connectivity index (χ2n) is 2.99. The highest BCUT2D eigenvalue weighted by atomic mass is 19.4. The molecule has 5 nitrogen and oxygen atoms in total. The van der Waals surface area contributed by atoms with Gasteiger partial charge in [0.05, 0.1) is 6.61 Å². The number of aromatic hydroxyl groups is 1. The van der Waals surface area contributed by atoms with Gasteiger partial charge in [0.15, 0.2) is 0 Å². The molecule has 1 aromatic rings. The number of carbonyl (C=O) groups excluding carboxylic acids is 1. The summed E-state index contributed by atoms with van der Waals surface area (Å²) < 4.78 is 41.9. The normalized spacial score (nSPS) is 11.3. The van der Waals surface area contributed by atoms with Gasteiger partial charge in [0, 0.05) is 6.07 Å². The average molecular weight is 251 g/mol. The maximum Gasteiger partial charge on any atom is 0.432 e. The van der Waals surface area contributed by atoms with E-state index in [2.05, 4.69) is 4.74 Å². The van der Waals surface area contributed by atoms with Gasteiger partial charge in [-0.25, -0.2) is 4.79 Å². The minimum Gasteiger partial charge on any atom is -0.507 e. The van der Waals surface area contributed by atoms with Crippen molar-refractivity contribution in [3.8, 4) is 5.75 Å². The fourth-order valence-electron chi connectivity index (χ4n) is 1.17. The van der Waals surface area contributed by atoms with Gasteiger partial charge in [-0.15, -0.1) is 0 Å². The molecular weight excluding hydrogens is 243 g/mol. The molecule has 0 aliphatic heterocycles. The Bertz CT molecular complexity index is 492. The van der Waals surface area contributed by atoms with E-state index in [4.69, 9.17) is 0 Å². The largest absolute Gasteiger partial charge is 0.507 e. The highest BCUT2D eigenvalue weighted by Gasteiger charge is 2.39. The molecule has 0 radical (unpaired) electrons. The number of pyridine rings is 1. The molecule has 0 spiro atoms. The number of rotatable bonds is 2. The van der Waals surface area contributed by atoms with E-state index in [1.54, 1.807) is 0 Å². The lowest BCUT2D eigenvalue weighted by molar-refractivity contribution is -0.142. The molecule has 2 N–H and O–H groups in total. The van der Waals surface area contributed by atoms with E-state index in [1.165, 1.54) is 11.9 Å². The summed E-state index contributed by atoms with van der Waals surface area (Å²) in [6.07, 6.45) is -4.97. The number of esters is 1. The first-order chi connectivity index (χ1) is 7.77. The highest BCUT2D eigenvalue weighted by molar-refractivity contribution is 5.93. The maximum atomic E-state index is 12.5. The third-order valence-electron chi connectivity index (χ3n) is 1.79. The summed E-state index contributed by atoms with van der Waals surface area (Å²) in [4.78, 5) is 23.5. The molecule has 0 unspecified atom stereocenters. The van der Waals surface area contributed by atoms with Crippen molar-refractivity contribution in [3.05, 3.63) is 27.7 Å². The molecular formula is C9H8F3NO4. The van der Waals surface area contributed by atoms with E-state index in [9.17, 15) is 27.9 Å². The van der Waals surface area contributed by atoms with Gasteiger partial charge in [-0.3, -0.25) is 4.79 Å². The molecule has 0 aliphatic rings. The number of nitrogens with one attached hydrogen (secondary N) is 1. The molecule has 0 atom stereocenters. The number of carbonyl (C=O) groups is 1. The zero-order valence-electron chi connectivity index (χ0n) is 8.59. The molecule has 0 bridgehead atoms. The molecule has 8 heteroatoms. The van der Waals surface area contributed by atoms with Crippen LogP contribution in [0.4, 0.5) is 13.2 Å². The van der Waals surface area contributed by atoms with Crippen LogP contribution in [0, 0.1) is 0 Å². The summed E-state index contributed by atoms with van der Waals surface area (Å²) in [7, 11) is 0. The zero-order chi connectivity index (χ0) is 13.2. The van der Waals surface area contributed by atoms with Crippen LogP contribution in [0.5, 0.6) is 5.75 Å². The van der Waals surface area contributed by atoms with Crippen LogP contribution in [-0.4, -0.2) is 22.7 Å². The van der Waals surface area contributed by atoms with E-state index in [-0.39, 0.29) is 6.61 Å². The summed E-state index contributed by atoms with van der Waals surface area (Å²) >= 11 is 0. The smallest absolute Gasteiger partial charge is 0.432 e. The summed E-state index contributed by atoms with van der Waals surface area (Å²) in [6, 6.07) is 0.474. The van der Waals surface area contributed by atoms with Crippen molar-refractivity contribution in [2.24, 2.45) is 0 Å². The van der Waals surface area contributed by atoms with Crippen LogP contribution in [0.15, 0.2) is 10.9 Å². The van der Waals surface area contributed by atoms with Gasteiger partial charge in [-0.2, -0.15) is 13.2 Å². The van der Waals surface area contributed by atoms with Gasteiger partial charge in [-0.05, 0) is 6.92 Å². The van der Waals surface area contributed by atoms with Crippen LogP contribution >= 0.6 is 0 Å². The lowest BCUT2D eigenvalue weighted by atomic mass is 10.1. The minimum atomic E-state index is -4.97. The van der Waals surface area contributed by atoms with E-state index < -0.39 is 34.7 Å². The van der Waals surface area contributed by atoms with Crippen molar-refractivity contribution in [1.82, 2.24) is 4.98 Å². The van der Waals surface area contributed by atoms with Gasteiger partial charge in [0.2, 0.25) is 0 Å². The Labute approximate surface area is 92.8 Å². The first kappa shape index (κ1) is 13.1. The second-order valence-corrected chi connectivity index (χ2v) is 2.99. The zero-order valence-corrected chi connectivity index (χ0v) is 8.59. The fourth-order valence-corrected chi connectivity index (χ4v) is 1.17. The average Bonchev–Trinajstić information content (AvgIpc) is 2.15. The molecule has 1 aromatic heterocycles. The van der Waals surface area contributed by atoms with Crippen LogP contribution in [0.1, 0.15) is 23.0 Å². The molecule has 17 heavy (non-hydrogen) atoms. The lowest BCUT2D eigenvalue weighted by Crippen LogP contribution is -2.22. The van der Waals surface area contributed by atoms with Gasteiger partial charge >= 0.3 is 12.1 Å². The van der Waals surface area contributed by atoms with Crippen molar-refractivity contribution in [3.63, 3.8) is 0 Å². The van der Waals surface area contributed by atoms with Crippen molar-refractivity contribution in [1.29, 1.82) is 0 Å². The number of hydrogen-bond donors (Lipinski definition) is 2. The number of ether oxygens (including phenoxy) is 1. The highest BCUT2D eigenvalue weighted by Crippen LogP contribution is 2.33. The number of halogens is 3. The second kappa shape index (κ2) is 4.48. The number of alkyl halides is 3.